The number of hydrogen-bond donors (Lipinski definition) is 0. The second-order valence-corrected chi connectivity index (χ2v) is 6.29. The molecule has 0 amide bonds. The van der Waals surface area contributed by atoms with E-state index < -0.39 is 0 Å². The molecule has 0 N–H and O–H groups in total. The monoisotopic (exact) mass is 298 g/mol. The van der Waals surface area contributed by atoms with Gasteiger partial charge in [-0.25, -0.2) is 0 Å². The molecule has 0 unspecified atom stereocenters. The van der Waals surface area contributed by atoms with E-state index in [0.29, 0.717) is 0 Å². The Morgan fingerprint density at radius 1 is 0.652 bits per heavy atom. The maximum atomic E-state index is 6.22. The van der Waals surface area contributed by atoms with Crippen molar-refractivity contribution in [1.82, 2.24) is 0 Å². The molecule has 110 valence electrons. The number of benzene rings is 3. The molecule has 0 bridgehead atoms. The largest absolute Gasteiger partial charge is 0.458 e. The third-order valence-electron chi connectivity index (χ3n) is 4.85. The number of aryl methyl sites for hydroxylation is 2. The molecule has 0 radical (unpaired) electrons. The third-order valence-corrected chi connectivity index (χ3v) is 4.85. The molecule has 0 aliphatic carbocycles. The second-order valence-electron chi connectivity index (χ2n) is 6.29. The van der Waals surface area contributed by atoms with Gasteiger partial charge in [-0.3, -0.25) is 0 Å². The summed E-state index contributed by atoms with van der Waals surface area (Å²) in [6, 6.07) is 18.8. The highest BCUT2D eigenvalue weighted by atomic mass is 16.5. The third kappa shape index (κ3) is 1.65. The molecule has 0 aromatic heterocycles. The summed E-state index contributed by atoms with van der Waals surface area (Å²) in [5, 5.41) is 0. The fraction of sp³-hybridized carbons (Fsp3) is 0.100. The topological polar surface area (TPSA) is 18.5 Å². The van der Waals surface area contributed by atoms with E-state index in [4.69, 9.17) is 9.47 Å². The summed E-state index contributed by atoms with van der Waals surface area (Å²) < 4.78 is 12.4. The predicted molar refractivity (Wildman–Crippen MR) is 93.6 cm³/mol. The summed E-state index contributed by atoms with van der Waals surface area (Å²) in [6.45, 7) is 4.38. The molecule has 3 aromatic carbocycles. The fourth-order valence-corrected chi connectivity index (χ4v) is 3.77. The van der Waals surface area contributed by atoms with E-state index in [1.165, 1.54) is 22.1 Å². The molecule has 2 heterocycles. The van der Waals surface area contributed by atoms with Crippen molar-refractivity contribution in [2.75, 3.05) is 0 Å². The van der Waals surface area contributed by atoms with Crippen molar-refractivity contribution < 1.29 is 9.47 Å². The van der Waals surface area contributed by atoms with E-state index in [1.807, 2.05) is 18.2 Å². The molecule has 0 fully saturated rings. The van der Waals surface area contributed by atoms with E-state index in [9.17, 15) is 0 Å². The summed E-state index contributed by atoms with van der Waals surface area (Å²) >= 11 is 0. The minimum absolute atomic E-state index is 0.175. The van der Waals surface area contributed by atoms with Crippen molar-refractivity contribution in [3.8, 4) is 23.0 Å². The van der Waals surface area contributed by atoms with Crippen LogP contribution in [0.15, 0.2) is 54.6 Å². The fourth-order valence-electron chi connectivity index (χ4n) is 3.77. The number of para-hydroxylation sites is 2. The normalized spacial score (nSPS) is 13.4. The van der Waals surface area contributed by atoms with Gasteiger partial charge < -0.3 is 9.47 Å². The zero-order chi connectivity index (χ0) is 15.6. The molecule has 5 rings (SSSR count). The highest BCUT2D eigenvalue weighted by molar-refractivity contribution is 6.98. The molecule has 2 aliphatic rings. The van der Waals surface area contributed by atoms with Crippen LogP contribution >= 0.6 is 0 Å². The number of fused-ring (bicyclic) bond motifs is 4. The lowest BCUT2D eigenvalue weighted by molar-refractivity contribution is 0.461. The summed E-state index contributed by atoms with van der Waals surface area (Å²) in [7, 11) is 0. The van der Waals surface area contributed by atoms with E-state index in [-0.39, 0.29) is 6.71 Å². The van der Waals surface area contributed by atoms with Gasteiger partial charge in [0.05, 0.1) is 0 Å². The SMILES string of the molecule is Cc1cccc2c1Oc1cccc3c1B2c1cccc(C)c1O3. The predicted octanol–water partition coefficient (Wildman–Crippen LogP) is 3.03. The number of ether oxygens (including phenoxy) is 2. The van der Waals surface area contributed by atoms with E-state index in [2.05, 4.69) is 50.2 Å². The molecule has 3 heteroatoms. The molecule has 0 saturated heterocycles. The molecule has 0 atom stereocenters. The van der Waals surface area contributed by atoms with Crippen molar-refractivity contribution in [1.29, 1.82) is 0 Å². The lowest BCUT2D eigenvalue weighted by Crippen LogP contribution is -2.57. The van der Waals surface area contributed by atoms with Crippen molar-refractivity contribution in [2.45, 2.75) is 13.8 Å². The molecule has 0 spiro atoms. The Bertz CT molecular complexity index is 888. The van der Waals surface area contributed by atoms with Crippen molar-refractivity contribution in [3.63, 3.8) is 0 Å². The zero-order valence-corrected chi connectivity index (χ0v) is 13.1. The van der Waals surface area contributed by atoms with Crippen LogP contribution < -0.4 is 25.9 Å². The summed E-state index contributed by atoms with van der Waals surface area (Å²) in [4.78, 5) is 0. The summed E-state index contributed by atoms with van der Waals surface area (Å²) in [5.74, 6) is 3.77. The zero-order valence-electron chi connectivity index (χ0n) is 13.1. The van der Waals surface area contributed by atoms with Gasteiger partial charge >= 0.3 is 0 Å². The standard InChI is InChI=1S/C20H15BO2/c1-12-6-3-8-14-19(12)22-16-10-5-11-17-18(16)21(14)15-9-4-7-13(2)20(15)23-17/h3-11H,1-2H3. The Balaban J connectivity index is 1.89. The molecule has 0 saturated carbocycles. The number of hydrogen-bond acceptors (Lipinski definition) is 2. The van der Waals surface area contributed by atoms with E-state index in [0.717, 1.165) is 28.5 Å². The average molecular weight is 298 g/mol. The van der Waals surface area contributed by atoms with Gasteiger partial charge in [0.25, 0.3) is 6.71 Å². The average Bonchev–Trinajstić information content (AvgIpc) is 2.56. The van der Waals surface area contributed by atoms with Crippen LogP contribution in [0.5, 0.6) is 23.0 Å². The minimum Gasteiger partial charge on any atom is -0.458 e. The first kappa shape index (κ1) is 12.8. The maximum Gasteiger partial charge on any atom is 0.260 e. The van der Waals surface area contributed by atoms with Crippen LogP contribution in [0, 0.1) is 13.8 Å². The van der Waals surface area contributed by atoms with Crippen LogP contribution in [0.2, 0.25) is 0 Å². The van der Waals surface area contributed by atoms with Gasteiger partial charge in [0, 0.05) is 5.46 Å². The molecule has 2 aliphatic heterocycles. The van der Waals surface area contributed by atoms with Gasteiger partial charge in [-0.1, -0.05) is 42.5 Å². The molecule has 23 heavy (non-hydrogen) atoms. The van der Waals surface area contributed by atoms with Crippen molar-refractivity contribution >= 4 is 23.1 Å². The van der Waals surface area contributed by atoms with Crippen LogP contribution in [-0.4, -0.2) is 6.71 Å². The van der Waals surface area contributed by atoms with Gasteiger partial charge in [-0.15, -0.1) is 0 Å². The van der Waals surface area contributed by atoms with Gasteiger partial charge in [-0.2, -0.15) is 0 Å². The Kier molecular flexibility index (Phi) is 2.46. The first-order valence-corrected chi connectivity index (χ1v) is 7.91. The van der Waals surface area contributed by atoms with Gasteiger partial charge in [0.1, 0.15) is 23.0 Å². The minimum atomic E-state index is 0.175. The van der Waals surface area contributed by atoms with E-state index >= 15 is 0 Å². The summed E-state index contributed by atoms with van der Waals surface area (Å²) in [5.41, 5.74) is 5.92. The van der Waals surface area contributed by atoms with Gasteiger partial charge in [0.15, 0.2) is 0 Å². The van der Waals surface area contributed by atoms with Gasteiger partial charge in [0.2, 0.25) is 0 Å². The van der Waals surface area contributed by atoms with Crippen LogP contribution in [0.4, 0.5) is 0 Å². The molecule has 2 nitrogen and oxygen atoms in total. The highest BCUT2D eigenvalue weighted by Crippen LogP contribution is 2.36. The molecular weight excluding hydrogens is 283 g/mol. The smallest absolute Gasteiger partial charge is 0.260 e. The maximum absolute atomic E-state index is 6.22. The lowest BCUT2D eigenvalue weighted by atomic mass is 9.34. The first-order valence-electron chi connectivity index (χ1n) is 7.91. The van der Waals surface area contributed by atoms with Crippen LogP contribution in [-0.2, 0) is 0 Å². The molecule has 3 aromatic rings. The number of rotatable bonds is 0. The second kappa shape index (κ2) is 4.42. The Labute approximate surface area is 135 Å². The van der Waals surface area contributed by atoms with Crippen LogP contribution in [0.25, 0.3) is 0 Å². The Morgan fingerprint density at radius 2 is 1.13 bits per heavy atom. The quantitative estimate of drug-likeness (QED) is 0.409. The van der Waals surface area contributed by atoms with Crippen LogP contribution in [0.3, 0.4) is 0 Å². The summed E-state index contributed by atoms with van der Waals surface area (Å²) in [6.07, 6.45) is 0. The lowest BCUT2D eigenvalue weighted by Gasteiger charge is -2.33. The van der Waals surface area contributed by atoms with Gasteiger partial charge in [-0.05, 0) is 48.0 Å². The van der Waals surface area contributed by atoms with E-state index in [1.54, 1.807) is 0 Å². The Hall–Kier alpha value is -2.68. The van der Waals surface area contributed by atoms with Crippen molar-refractivity contribution in [3.05, 3.63) is 65.7 Å². The van der Waals surface area contributed by atoms with Crippen LogP contribution in [0.1, 0.15) is 11.1 Å². The Morgan fingerprint density at radius 3 is 1.65 bits per heavy atom. The van der Waals surface area contributed by atoms with Crippen molar-refractivity contribution in [2.24, 2.45) is 0 Å². The first-order chi connectivity index (χ1) is 11.2. The molecular formula is C20H15BO2. The highest BCUT2D eigenvalue weighted by Gasteiger charge is 2.40.